The second kappa shape index (κ2) is 8.03. The van der Waals surface area contributed by atoms with Gasteiger partial charge in [-0.1, -0.05) is 12.1 Å². The summed E-state index contributed by atoms with van der Waals surface area (Å²) in [6.07, 6.45) is 1.29. The van der Waals surface area contributed by atoms with E-state index in [4.69, 9.17) is 0 Å². The van der Waals surface area contributed by atoms with Crippen molar-refractivity contribution < 1.29 is 14.0 Å². The summed E-state index contributed by atoms with van der Waals surface area (Å²) < 4.78 is 13.3. The first kappa shape index (κ1) is 17.4. The van der Waals surface area contributed by atoms with Crippen molar-refractivity contribution in [1.29, 1.82) is 0 Å². The summed E-state index contributed by atoms with van der Waals surface area (Å²) in [7, 11) is 0. The van der Waals surface area contributed by atoms with Gasteiger partial charge in [0.1, 0.15) is 11.9 Å². The molecule has 2 rings (SSSR count). The van der Waals surface area contributed by atoms with Gasteiger partial charge in [0.25, 0.3) is 0 Å². The van der Waals surface area contributed by atoms with Crippen LogP contribution in [0, 0.1) is 12.7 Å². The zero-order chi connectivity index (χ0) is 16.8. The molecular formula is C16H23FN4O2. The molecule has 1 heterocycles. The van der Waals surface area contributed by atoms with E-state index in [1.165, 1.54) is 13.0 Å². The molecule has 0 aromatic heterocycles. The summed E-state index contributed by atoms with van der Waals surface area (Å²) in [6.45, 7) is 4.24. The van der Waals surface area contributed by atoms with Crippen LogP contribution in [0.15, 0.2) is 18.2 Å². The van der Waals surface area contributed by atoms with Crippen LogP contribution < -0.4 is 21.5 Å². The maximum absolute atomic E-state index is 13.3. The van der Waals surface area contributed by atoms with Crippen molar-refractivity contribution in [2.45, 2.75) is 38.8 Å². The minimum atomic E-state index is -0.328. The number of benzene rings is 1. The van der Waals surface area contributed by atoms with Gasteiger partial charge in [0, 0.05) is 26.1 Å². The zero-order valence-electron chi connectivity index (χ0n) is 13.4. The van der Waals surface area contributed by atoms with Crippen molar-refractivity contribution in [2.24, 2.45) is 0 Å². The predicted octanol–water partition coefficient (Wildman–Crippen LogP) is 0.684. The van der Waals surface area contributed by atoms with Crippen LogP contribution in [0.25, 0.3) is 0 Å². The number of hydrogen-bond acceptors (Lipinski definition) is 4. The number of aryl methyl sites for hydroxylation is 1. The zero-order valence-corrected chi connectivity index (χ0v) is 13.4. The molecule has 1 aromatic carbocycles. The first-order chi connectivity index (χ1) is 11.0. The van der Waals surface area contributed by atoms with Gasteiger partial charge in [-0.05, 0) is 37.0 Å². The second-order valence-corrected chi connectivity index (χ2v) is 5.77. The molecule has 0 spiro atoms. The standard InChI is InChI=1S/C16H23FN4O2/c1-10-8-12(4-5-13(10)17)14-9-15(21-20-14)16(23)19-7-3-6-18-11(2)22/h4-5,8,14-15,20-21H,3,6-7,9H2,1-2H3,(H,18,22)(H,19,23). The molecule has 6 nitrogen and oxygen atoms in total. The molecule has 23 heavy (non-hydrogen) atoms. The fraction of sp³-hybridized carbons (Fsp3) is 0.500. The third-order valence-corrected chi connectivity index (χ3v) is 3.83. The molecule has 2 amide bonds. The van der Waals surface area contributed by atoms with Crippen molar-refractivity contribution in [1.82, 2.24) is 21.5 Å². The molecule has 0 saturated carbocycles. The van der Waals surface area contributed by atoms with Gasteiger partial charge in [-0.3, -0.25) is 9.59 Å². The van der Waals surface area contributed by atoms with Gasteiger partial charge in [0.05, 0.1) is 0 Å². The first-order valence-corrected chi connectivity index (χ1v) is 7.76. The van der Waals surface area contributed by atoms with Crippen LogP contribution >= 0.6 is 0 Å². The van der Waals surface area contributed by atoms with Crippen molar-refractivity contribution >= 4 is 11.8 Å². The Morgan fingerprint density at radius 3 is 2.70 bits per heavy atom. The van der Waals surface area contributed by atoms with E-state index in [-0.39, 0.29) is 29.7 Å². The minimum absolute atomic E-state index is 0.0237. The van der Waals surface area contributed by atoms with Gasteiger partial charge < -0.3 is 10.6 Å². The molecular weight excluding hydrogens is 299 g/mol. The highest BCUT2D eigenvalue weighted by Crippen LogP contribution is 2.23. The third-order valence-electron chi connectivity index (χ3n) is 3.83. The Kier molecular flexibility index (Phi) is 6.06. The van der Waals surface area contributed by atoms with Crippen LogP contribution in [-0.2, 0) is 9.59 Å². The molecule has 2 unspecified atom stereocenters. The smallest absolute Gasteiger partial charge is 0.238 e. The molecule has 0 aliphatic carbocycles. The normalized spacial score (nSPS) is 20.3. The quantitative estimate of drug-likeness (QED) is 0.581. The number of halogens is 1. The SMILES string of the molecule is CC(=O)NCCCNC(=O)C1CC(c2ccc(F)c(C)c2)NN1. The molecule has 126 valence electrons. The number of hydrogen-bond donors (Lipinski definition) is 4. The van der Waals surface area contributed by atoms with E-state index in [0.717, 1.165) is 5.56 Å². The van der Waals surface area contributed by atoms with Crippen LogP contribution in [0.2, 0.25) is 0 Å². The van der Waals surface area contributed by atoms with Crippen molar-refractivity contribution in [3.05, 3.63) is 35.1 Å². The Bertz CT molecular complexity index is 579. The Balaban J connectivity index is 1.76. The maximum atomic E-state index is 13.3. The largest absolute Gasteiger partial charge is 0.356 e. The van der Waals surface area contributed by atoms with E-state index in [2.05, 4.69) is 21.5 Å². The molecule has 1 aliphatic rings. The van der Waals surface area contributed by atoms with Crippen LogP contribution in [0.3, 0.4) is 0 Å². The molecule has 4 N–H and O–H groups in total. The number of hydrazine groups is 1. The summed E-state index contributed by atoms with van der Waals surface area (Å²) in [5.41, 5.74) is 7.60. The lowest BCUT2D eigenvalue weighted by molar-refractivity contribution is -0.122. The average molecular weight is 322 g/mol. The molecule has 7 heteroatoms. The number of rotatable bonds is 6. The Labute approximate surface area is 135 Å². The van der Waals surface area contributed by atoms with E-state index < -0.39 is 0 Å². The first-order valence-electron chi connectivity index (χ1n) is 7.76. The summed E-state index contributed by atoms with van der Waals surface area (Å²) in [4.78, 5) is 22.8. The highest BCUT2D eigenvalue weighted by Gasteiger charge is 2.30. The molecule has 1 fully saturated rings. The maximum Gasteiger partial charge on any atom is 0.238 e. The summed E-state index contributed by atoms with van der Waals surface area (Å²) >= 11 is 0. The number of amides is 2. The van der Waals surface area contributed by atoms with E-state index in [9.17, 15) is 14.0 Å². The van der Waals surface area contributed by atoms with Crippen LogP contribution in [0.1, 0.15) is 36.9 Å². The fourth-order valence-electron chi connectivity index (χ4n) is 2.52. The van der Waals surface area contributed by atoms with E-state index in [1.54, 1.807) is 19.1 Å². The van der Waals surface area contributed by atoms with Crippen molar-refractivity contribution in [3.63, 3.8) is 0 Å². The molecule has 1 aliphatic heterocycles. The van der Waals surface area contributed by atoms with Gasteiger partial charge in [0.2, 0.25) is 11.8 Å². The van der Waals surface area contributed by atoms with Crippen molar-refractivity contribution in [3.8, 4) is 0 Å². The molecule has 0 radical (unpaired) electrons. The Morgan fingerprint density at radius 2 is 2.00 bits per heavy atom. The minimum Gasteiger partial charge on any atom is -0.356 e. The van der Waals surface area contributed by atoms with Crippen molar-refractivity contribution in [2.75, 3.05) is 13.1 Å². The van der Waals surface area contributed by atoms with Crippen LogP contribution in [0.5, 0.6) is 0 Å². The highest BCUT2D eigenvalue weighted by atomic mass is 19.1. The van der Waals surface area contributed by atoms with Gasteiger partial charge in [-0.2, -0.15) is 0 Å². The van der Waals surface area contributed by atoms with E-state index in [1.807, 2.05) is 0 Å². The lowest BCUT2D eigenvalue weighted by atomic mass is 10.00. The van der Waals surface area contributed by atoms with E-state index >= 15 is 0 Å². The number of carbonyl (C=O) groups is 2. The summed E-state index contributed by atoms with van der Waals surface area (Å²) in [6, 6.07) is 4.62. The number of carbonyl (C=O) groups excluding carboxylic acids is 2. The lowest BCUT2D eigenvalue weighted by Crippen LogP contribution is -2.43. The molecule has 1 aromatic rings. The fourth-order valence-corrected chi connectivity index (χ4v) is 2.52. The van der Waals surface area contributed by atoms with Gasteiger partial charge in [-0.15, -0.1) is 0 Å². The summed E-state index contributed by atoms with van der Waals surface area (Å²) in [5, 5.41) is 5.52. The van der Waals surface area contributed by atoms with Crippen LogP contribution in [-0.4, -0.2) is 30.9 Å². The second-order valence-electron chi connectivity index (χ2n) is 5.77. The molecule has 1 saturated heterocycles. The Hall–Kier alpha value is -1.99. The van der Waals surface area contributed by atoms with Crippen LogP contribution in [0.4, 0.5) is 4.39 Å². The third kappa shape index (κ3) is 5.01. The molecule has 0 bridgehead atoms. The lowest BCUT2D eigenvalue weighted by Gasteiger charge is -2.11. The van der Waals surface area contributed by atoms with Gasteiger partial charge >= 0.3 is 0 Å². The topological polar surface area (TPSA) is 82.3 Å². The molecule has 2 atom stereocenters. The predicted molar refractivity (Wildman–Crippen MR) is 84.9 cm³/mol. The monoisotopic (exact) mass is 322 g/mol. The average Bonchev–Trinajstić information content (AvgIpc) is 2.99. The van der Waals surface area contributed by atoms with E-state index in [0.29, 0.717) is 31.5 Å². The Morgan fingerprint density at radius 1 is 1.26 bits per heavy atom. The summed E-state index contributed by atoms with van der Waals surface area (Å²) in [5.74, 6) is -0.384. The van der Waals surface area contributed by atoms with Gasteiger partial charge in [-0.25, -0.2) is 15.2 Å². The number of nitrogens with one attached hydrogen (secondary N) is 4. The highest BCUT2D eigenvalue weighted by molar-refractivity contribution is 5.82. The van der Waals surface area contributed by atoms with Gasteiger partial charge in [0.15, 0.2) is 0 Å².